The molecule has 2 fully saturated rings. The lowest BCUT2D eigenvalue weighted by molar-refractivity contribution is 0.0170. The van der Waals surface area contributed by atoms with Crippen molar-refractivity contribution in [2.24, 2.45) is 0 Å². The number of nitrogen functional groups attached to an aromatic ring is 1. The van der Waals surface area contributed by atoms with Gasteiger partial charge >= 0.3 is 17.9 Å². The van der Waals surface area contributed by atoms with Crippen molar-refractivity contribution in [2.45, 2.75) is 97.9 Å². The number of nitrogens with two attached hydrogens (primary N) is 1. The van der Waals surface area contributed by atoms with Gasteiger partial charge in [-0.1, -0.05) is 39.3 Å². The summed E-state index contributed by atoms with van der Waals surface area (Å²) in [5, 5.41) is 5.40. The number of aromatic nitrogens is 4. The van der Waals surface area contributed by atoms with Crippen LogP contribution in [0.3, 0.4) is 0 Å². The molecule has 0 spiro atoms. The van der Waals surface area contributed by atoms with Gasteiger partial charge in [0.1, 0.15) is 11.2 Å². The molecule has 2 aliphatic rings. The zero-order chi connectivity index (χ0) is 38.9. The molecule has 5 aromatic rings. The van der Waals surface area contributed by atoms with Gasteiger partial charge in [0.15, 0.2) is 0 Å². The number of carbonyl (C=O) groups excluding carboxylic acids is 2. The Balaban J connectivity index is 0.000000208. The number of aromatic amines is 1. The van der Waals surface area contributed by atoms with E-state index in [0.717, 1.165) is 67.6 Å². The number of likely N-dealkylation sites (tertiary alicyclic amines) is 2. The number of benzene rings is 2. The highest BCUT2D eigenvalue weighted by Crippen LogP contribution is 2.33. The predicted octanol–water partition coefficient (Wildman–Crippen LogP) is 9.24. The van der Waals surface area contributed by atoms with Crippen LogP contribution in [0.25, 0.3) is 32.8 Å². The van der Waals surface area contributed by atoms with Crippen LogP contribution < -0.4 is 16.7 Å². The fraction of sp³-hybridized carbons (Fsp3) is 0.475. The van der Waals surface area contributed by atoms with Crippen molar-refractivity contribution < 1.29 is 19.1 Å². The Hall–Kier alpha value is -4.37. The summed E-state index contributed by atoms with van der Waals surface area (Å²) in [5.41, 5.74) is 9.67. The summed E-state index contributed by atoms with van der Waals surface area (Å²) < 4.78 is 14.7. The molecular formula is C40H52Br2N8O5. The van der Waals surface area contributed by atoms with E-state index in [1.807, 2.05) is 77.9 Å². The molecular weight excluding hydrogens is 832 g/mol. The molecule has 7 rings (SSSR count). The third kappa shape index (κ3) is 10.1. The second kappa shape index (κ2) is 16.8. The maximum absolute atomic E-state index is 12.8. The average molecular weight is 885 g/mol. The van der Waals surface area contributed by atoms with E-state index >= 15 is 0 Å². The Kier molecular flexibility index (Phi) is 12.7. The molecule has 0 radical (unpaired) electrons. The molecule has 0 aliphatic carbocycles. The summed E-state index contributed by atoms with van der Waals surface area (Å²) >= 11 is 7.01. The van der Waals surface area contributed by atoms with Crippen molar-refractivity contribution in [3.8, 4) is 0 Å². The molecule has 13 nitrogen and oxygen atoms in total. The van der Waals surface area contributed by atoms with Crippen molar-refractivity contribution in [3.63, 3.8) is 0 Å². The lowest BCUT2D eigenvalue weighted by Crippen LogP contribution is -2.47. The number of rotatable bonds is 3. The number of pyridine rings is 2. The van der Waals surface area contributed by atoms with E-state index in [4.69, 9.17) is 15.2 Å². The number of nitrogens with one attached hydrogen (secondary N) is 2. The maximum atomic E-state index is 12.8. The number of imidazole rings is 1. The van der Waals surface area contributed by atoms with E-state index in [1.165, 1.54) is 0 Å². The summed E-state index contributed by atoms with van der Waals surface area (Å²) in [6.45, 7) is 13.6. The number of amides is 2. The van der Waals surface area contributed by atoms with Crippen LogP contribution in [0.4, 0.5) is 21.0 Å². The Bertz CT molecular complexity index is 2240. The quantitative estimate of drug-likeness (QED) is 0.161. The number of anilines is 2. The van der Waals surface area contributed by atoms with Crippen molar-refractivity contribution >= 4 is 88.3 Å². The lowest BCUT2D eigenvalue weighted by Gasteiger charge is -2.35. The summed E-state index contributed by atoms with van der Waals surface area (Å²) in [6.07, 6.45) is 6.30. The van der Waals surface area contributed by atoms with Gasteiger partial charge in [0, 0.05) is 51.9 Å². The van der Waals surface area contributed by atoms with Crippen molar-refractivity contribution in [1.29, 1.82) is 0 Å². The summed E-state index contributed by atoms with van der Waals surface area (Å²) in [6, 6.07) is 11.8. The van der Waals surface area contributed by atoms with E-state index in [-0.39, 0.29) is 37.4 Å². The van der Waals surface area contributed by atoms with Gasteiger partial charge in [-0.15, -0.1) is 0 Å². The first-order valence-corrected chi connectivity index (χ1v) is 19.8. The minimum Gasteiger partial charge on any atom is -0.444 e. The van der Waals surface area contributed by atoms with Crippen molar-refractivity contribution in [2.75, 3.05) is 37.2 Å². The number of piperidine rings is 2. The highest BCUT2D eigenvalue weighted by molar-refractivity contribution is 9.10. The SMILES string of the molecule is C.CC(C)(C)OC(=O)N1CCC[C@@H](Nc2c(N)cnc3ccc(Br)cc23)C1.CC(C)(C)OC(=O)N1CCC[C@@H](n2c(=O)[nH]c3cnc4ccc(Br)cc4c32)C1. The van der Waals surface area contributed by atoms with Crippen LogP contribution in [-0.2, 0) is 9.47 Å². The van der Waals surface area contributed by atoms with Gasteiger partial charge in [0.25, 0.3) is 0 Å². The van der Waals surface area contributed by atoms with E-state index in [2.05, 4.69) is 52.1 Å². The van der Waals surface area contributed by atoms with Gasteiger partial charge in [-0.2, -0.15) is 0 Å². The summed E-state index contributed by atoms with van der Waals surface area (Å²) in [4.78, 5) is 52.9. The molecule has 296 valence electrons. The number of hydrogen-bond acceptors (Lipinski definition) is 9. The molecule has 2 saturated heterocycles. The van der Waals surface area contributed by atoms with Crippen LogP contribution in [0.15, 0.2) is 62.5 Å². The minimum atomic E-state index is -0.546. The summed E-state index contributed by atoms with van der Waals surface area (Å²) in [7, 11) is 0. The number of hydrogen-bond donors (Lipinski definition) is 3. The fourth-order valence-electron chi connectivity index (χ4n) is 6.92. The third-order valence-corrected chi connectivity index (χ3v) is 10.2. The second-order valence-electron chi connectivity index (χ2n) is 15.9. The lowest BCUT2D eigenvalue weighted by atomic mass is 10.0. The van der Waals surface area contributed by atoms with Gasteiger partial charge < -0.3 is 35.3 Å². The van der Waals surface area contributed by atoms with Gasteiger partial charge in [0.2, 0.25) is 0 Å². The number of H-pyrrole nitrogens is 1. The summed E-state index contributed by atoms with van der Waals surface area (Å²) in [5.74, 6) is 0. The number of carbonyl (C=O) groups is 2. The molecule has 2 atom stereocenters. The number of nitrogens with zero attached hydrogens (tertiary/aromatic N) is 5. The number of halogens is 2. The molecule has 4 N–H and O–H groups in total. The molecule has 0 saturated carbocycles. The first-order valence-electron chi connectivity index (χ1n) is 18.2. The van der Waals surface area contributed by atoms with Crippen LogP contribution in [-0.4, -0.2) is 84.9 Å². The first-order chi connectivity index (χ1) is 25.5. The Morgan fingerprint density at radius 3 is 2.00 bits per heavy atom. The van der Waals surface area contributed by atoms with Crippen LogP contribution in [0.5, 0.6) is 0 Å². The van der Waals surface area contributed by atoms with E-state index < -0.39 is 11.2 Å². The average Bonchev–Trinajstić information content (AvgIpc) is 3.45. The second-order valence-corrected chi connectivity index (χ2v) is 17.7. The van der Waals surface area contributed by atoms with E-state index in [9.17, 15) is 14.4 Å². The third-order valence-electron chi connectivity index (χ3n) is 9.20. The van der Waals surface area contributed by atoms with Gasteiger partial charge in [-0.05, 0) is 104 Å². The van der Waals surface area contributed by atoms with Crippen molar-refractivity contribution in [3.05, 3.63) is 68.2 Å². The molecule has 3 aromatic heterocycles. The molecule has 0 bridgehead atoms. The van der Waals surface area contributed by atoms with Gasteiger partial charge in [0.05, 0.1) is 51.9 Å². The van der Waals surface area contributed by atoms with E-state index in [0.29, 0.717) is 37.4 Å². The standard InChI is InChI=1S/C20H23BrN4O3.C19H25BrN4O2.CH4/c1-20(2,3)28-19(27)24-8-4-5-13(11-24)25-17-14-9-12(21)6-7-15(14)22-10-16(17)23-18(25)26;1-19(2,3)26-18(25)24-8-4-5-13(11-24)23-17-14-9-12(20)6-7-16(14)22-10-15(17)21;/h6-7,9-10,13H,4-5,8,11H2,1-3H3,(H,23,26);6-7,9-10,13H,4-5,8,11,21H2,1-3H3,(H,22,23);1H4/t2*13-;/m11./s1. The smallest absolute Gasteiger partial charge is 0.410 e. The minimum absolute atomic E-state index is 0. The first kappa shape index (κ1) is 41.8. The van der Waals surface area contributed by atoms with Gasteiger partial charge in [-0.3, -0.25) is 14.5 Å². The van der Waals surface area contributed by atoms with Crippen LogP contribution in [0, 0.1) is 0 Å². The highest BCUT2D eigenvalue weighted by atomic mass is 79.9. The largest absolute Gasteiger partial charge is 0.444 e. The zero-order valence-corrected chi connectivity index (χ0v) is 34.7. The normalized spacial score (nSPS) is 17.7. The highest BCUT2D eigenvalue weighted by Gasteiger charge is 2.31. The molecule has 2 amide bonds. The fourth-order valence-corrected chi connectivity index (χ4v) is 7.64. The van der Waals surface area contributed by atoms with Gasteiger partial charge in [-0.25, -0.2) is 14.4 Å². The monoisotopic (exact) mass is 882 g/mol. The molecule has 5 heterocycles. The molecule has 2 aliphatic heterocycles. The molecule has 2 aromatic carbocycles. The Morgan fingerprint density at radius 1 is 0.836 bits per heavy atom. The van der Waals surface area contributed by atoms with Crippen molar-refractivity contribution in [1.82, 2.24) is 29.3 Å². The van der Waals surface area contributed by atoms with Crippen LogP contribution in [0.1, 0.15) is 80.7 Å². The molecule has 55 heavy (non-hydrogen) atoms. The van der Waals surface area contributed by atoms with E-state index in [1.54, 1.807) is 26.8 Å². The number of ether oxygens (including phenoxy) is 2. The topological polar surface area (TPSA) is 161 Å². The maximum Gasteiger partial charge on any atom is 0.410 e. The van der Waals surface area contributed by atoms with Crippen LogP contribution in [0.2, 0.25) is 0 Å². The number of fused-ring (bicyclic) bond motifs is 4. The molecule has 15 heteroatoms. The zero-order valence-electron chi connectivity index (χ0n) is 31.5. The predicted molar refractivity (Wildman–Crippen MR) is 227 cm³/mol. The van der Waals surface area contributed by atoms with Crippen LogP contribution >= 0.6 is 31.9 Å². The Labute approximate surface area is 338 Å². The molecule has 0 unspecified atom stereocenters. The Morgan fingerprint density at radius 2 is 1.38 bits per heavy atom.